The Bertz CT molecular complexity index is 952. The number of rotatable bonds is 4. The van der Waals surface area contributed by atoms with Gasteiger partial charge in [0.15, 0.2) is 0 Å². The summed E-state index contributed by atoms with van der Waals surface area (Å²) < 4.78 is 2.58. The maximum Gasteiger partial charge on any atom is 0.332 e. The average molecular weight is 370 g/mol. The van der Waals surface area contributed by atoms with Crippen LogP contribution < -0.4 is 21.5 Å². The van der Waals surface area contributed by atoms with Crippen LogP contribution in [0.3, 0.4) is 0 Å². The summed E-state index contributed by atoms with van der Waals surface area (Å²) >= 11 is 0. The highest BCUT2D eigenvalue weighted by Crippen LogP contribution is 2.23. The van der Waals surface area contributed by atoms with Gasteiger partial charge in [-0.25, -0.2) is 4.79 Å². The van der Waals surface area contributed by atoms with Crippen molar-refractivity contribution < 1.29 is 4.79 Å². The molecular weight excluding hydrogens is 344 g/mol. The first-order chi connectivity index (χ1) is 12.9. The van der Waals surface area contributed by atoms with Gasteiger partial charge in [0.25, 0.3) is 5.56 Å². The monoisotopic (exact) mass is 370 g/mol. The first kappa shape index (κ1) is 18.9. The minimum atomic E-state index is -0.340. The number of benzene rings is 1. The molecule has 0 saturated carbocycles. The number of anilines is 2. The molecular formula is C20H26N4O3. The Morgan fingerprint density at radius 2 is 1.81 bits per heavy atom. The fraction of sp³-hybridized carbons (Fsp3) is 0.450. The first-order valence-corrected chi connectivity index (χ1v) is 9.32. The number of hydrogen-bond acceptors (Lipinski definition) is 4. The zero-order valence-corrected chi connectivity index (χ0v) is 16.1. The molecule has 27 heavy (non-hydrogen) atoms. The van der Waals surface area contributed by atoms with Gasteiger partial charge in [0.1, 0.15) is 5.82 Å². The number of piperidine rings is 1. The van der Waals surface area contributed by atoms with E-state index in [1.807, 2.05) is 29.2 Å². The van der Waals surface area contributed by atoms with Crippen molar-refractivity contribution in [3.63, 3.8) is 0 Å². The highest BCUT2D eigenvalue weighted by molar-refractivity contribution is 5.92. The lowest BCUT2D eigenvalue weighted by atomic mass is 9.95. The molecule has 0 unspecified atom stereocenters. The number of amides is 1. The lowest BCUT2D eigenvalue weighted by Gasteiger charge is -2.33. The predicted molar refractivity (Wildman–Crippen MR) is 106 cm³/mol. The van der Waals surface area contributed by atoms with Crippen molar-refractivity contribution in [3.05, 3.63) is 56.7 Å². The van der Waals surface area contributed by atoms with Gasteiger partial charge in [-0.15, -0.1) is 0 Å². The van der Waals surface area contributed by atoms with Crippen molar-refractivity contribution in [2.24, 2.45) is 20.0 Å². The minimum Gasteiger partial charge on any atom is -0.358 e. The molecule has 0 atom stereocenters. The summed E-state index contributed by atoms with van der Waals surface area (Å²) in [5.41, 5.74) is 1.36. The van der Waals surface area contributed by atoms with Gasteiger partial charge in [-0.3, -0.25) is 18.7 Å². The Labute approximate surface area is 158 Å². The van der Waals surface area contributed by atoms with Gasteiger partial charge in [0.2, 0.25) is 5.91 Å². The molecule has 0 radical (unpaired) electrons. The van der Waals surface area contributed by atoms with E-state index in [4.69, 9.17) is 0 Å². The molecule has 7 nitrogen and oxygen atoms in total. The highest BCUT2D eigenvalue weighted by Gasteiger charge is 2.26. The molecule has 3 rings (SSSR count). The summed E-state index contributed by atoms with van der Waals surface area (Å²) in [6, 6.07) is 9.39. The SMILES string of the molecule is CCc1cccc(NC(=O)C2CCN(c3cc(=O)n(C)c(=O)n3C)CC2)c1. The van der Waals surface area contributed by atoms with Gasteiger partial charge >= 0.3 is 5.69 Å². The van der Waals surface area contributed by atoms with E-state index in [-0.39, 0.29) is 23.1 Å². The molecule has 1 saturated heterocycles. The zero-order chi connectivity index (χ0) is 19.6. The van der Waals surface area contributed by atoms with Crippen molar-refractivity contribution in [1.29, 1.82) is 0 Å². The Morgan fingerprint density at radius 1 is 1.11 bits per heavy atom. The van der Waals surface area contributed by atoms with Crippen LogP contribution in [0.5, 0.6) is 0 Å². The highest BCUT2D eigenvalue weighted by atomic mass is 16.2. The first-order valence-electron chi connectivity index (χ1n) is 9.32. The summed E-state index contributed by atoms with van der Waals surface area (Å²) in [6.07, 6.45) is 2.29. The number of carbonyl (C=O) groups excluding carboxylic acids is 1. The van der Waals surface area contributed by atoms with Crippen LogP contribution in [0.4, 0.5) is 11.5 Å². The third-order valence-corrected chi connectivity index (χ3v) is 5.29. The van der Waals surface area contributed by atoms with Gasteiger partial charge < -0.3 is 10.2 Å². The number of hydrogen-bond donors (Lipinski definition) is 1. The van der Waals surface area contributed by atoms with E-state index < -0.39 is 0 Å². The fourth-order valence-electron chi connectivity index (χ4n) is 3.51. The van der Waals surface area contributed by atoms with E-state index in [2.05, 4.69) is 12.2 Å². The van der Waals surface area contributed by atoms with Crippen LogP contribution in [-0.2, 0) is 25.3 Å². The second kappa shape index (κ2) is 7.82. The molecule has 0 aliphatic carbocycles. The summed E-state index contributed by atoms with van der Waals surface area (Å²) in [5, 5.41) is 3.01. The van der Waals surface area contributed by atoms with Crippen LogP contribution >= 0.6 is 0 Å². The molecule has 1 fully saturated rings. The van der Waals surface area contributed by atoms with Crippen molar-refractivity contribution in [1.82, 2.24) is 9.13 Å². The third kappa shape index (κ3) is 3.97. The van der Waals surface area contributed by atoms with Crippen molar-refractivity contribution in [2.75, 3.05) is 23.3 Å². The molecule has 1 aromatic heterocycles. The Hall–Kier alpha value is -2.83. The van der Waals surface area contributed by atoms with Crippen LogP contribution in [-0.4, -0.2) is 28.1 Å². The molecule has 0 spiro atoms. The topological polar surface area (TPSA) is 76.3 Å². The average Bonchev–Trinajstić information content (AvgIpc) is 2.69. The van der Waals surface area contributed by atoms with Crippen LogP contribution in [0, 0.1) is 5.92 Å². The predicted octanol–water partition coefficient (Wildman–Crippen LogP) is 1.50. The molecule has 2 aromatic rings. The zero-order valence-electron chi connectivity index (χ0n) is 16.1. The Balaban J connectivity index is 1.66. The van der Waals surface area contributed by atoms with Crippen molar-refractivity contribution >= 4 is 17.4 Å². The number of aromatic nitrogens is 2. The van der Waals surface area contributed by atoms with Gasteiger partial charge in [-0.1, -0.05) is 19.1 Å². The summed E-state index contributed by atoms with van der Waals surface area (Å²) in [7, 11) is 3.13. The molecule has 0 bridgehead atoms. The molecule has 1 aliphatic heterocycles. The van der Waals surface area contributed by atoms with Crippen LogP contribution in [0.15, 0.2) is 39.9 Å². The Kier molecular flexibility index (Phi) is 5.48. The lowest BCUT2D eigenvalue weighted by molar-refractivity contribution is -0.120. The fourth-order valence-corrected chi connectivity index (χ4v) is 3.51. The number of aryl methyl sites for hydroxylation is 1. The molecule has 2 heterocycles. The van der Waals surface area contributed by atoms with Crippen LogP contribution in [0.1, 0.15) is 25.3 Å². The van der Waals surface area contributed by atoms with E-state index in [0.717, 1.165) is 16.7 Å². The van der Waals surface area contributed by atoms with E-state index in [1.54, 1.807) is 7.05 Å². The second-order valence-corrected chi connectivity index (χ2v) is 7.05. The van der Waals surface area contributed by atoms with E-state index >= 15 is 0 Å². The maximum atomic E-state index is 12.6. The molecule has 1 aromatic carbocycles. The molecule has 1 aliphatic rings. The second-order valence-electron chi connectivity index (χ2n) is 7.05. The molecule has 1 N–H and O–H groups in total. The maximum absolute atomic E-state index is 12.6. The van der Waals surface area contributed by atoms with Gasteiger partial charge in [-0.05, 0) is 37.0 Å². The van der Waals surface area contributed by atoms with E-state index in [1.165, 1.54) is 23.2 Å². The largest absolute Gasteiger partial charge is 0.358 e. The molecule has 7 heteroatoms. The van der Waals surface area contributed by atoms with E-state index in [0.29, 0.717) is 31.7 Å². The summed E-state index contributed by atoms with van der Waals surface area (Å²) in [6.45, 7) is 3.35. The smallest absolute Gasteiger partial charge is 0.332 e. The number of nitrogens with one attached hydrogen (secondary N) is 1. The number of carbonyl (C=O) groups is 1. The minimum absolute atomic E-state index is 0.0285. The number of nitrogens with zero attached hydrogens (tertiary/aromatic N) is 3. The quantitative estimate of drug-likeness (QED) is 0.885. The third-order valence-electron chi connectivity index (χ3n) is 5.29. The summed E-state index contributed by atoms with van der Waals surface area (Å²) in [5.74, 6) is 0.563. The molecule has 1 amide bonds. The van der Waals surface area contributed by atoms with Gasteiger partial charge in [-0.2, -0.15) is 0 Å². The molecule has 144 valence electrons. The lowest BCUT2D eigenvalue weighted by Crippen LogP contribution is -2.44. The van der Waals surface area contributed by atoms with E-state index in [9.17, 15) is 14.4 Å². The van der Waals surface area contributed by atoms with Gasteiger partial charge in [0, 0.05) is 44.9 Å². The van der Waals surface area contributed by atoms with Gasteiger partial charge in [0.05, 0.1) is 0 Å². The Morgan fingerprint density at radius 3 is 2.48 bits per heavy atom. The van der Waals surface area contributed by atoms with Crippen molar-refractivity contribution in [3.8, 4) is 0 Å². The summed E-state index contributed by atoms with van der Waals surface area (Å²) in [4.78, 5) is 38.7. The normalized spacial score (nSPS) is 15.0. The van der Waals surface area contributed by atoms with Crippen LogP contribution in [0.2, 0.25) is 0 Å². The van der Waals surface area contributed by atoms with Crippen molar-refractivity contribution in [2.45, 2.75) is 26.2 Å². The van der Waals surface area contributed by atoms with Crippen LogP contribution in [0.25, 0.3) is 0 Å². The standard InChI is InChI=1S/C20H26N4O3/c1-4-14-6-5-7-16(12-14)21-19(26)15-8-10-24(11-9-15)17-13-18(25)23(3)20(27)22(17)2/h5-7,12-13,15H,4,8-11H2,1-3H3,(H,21,26).